The van der Waals surface area contributed by atoms with Crippen molar-refractivity contribution in [2.75, 3.05) is 13.7 Å². The van der Waals surface area contributed by atoms with E-state index in [1.54, 1.807) is 12.1 Å². The summed E-state index contributed by atoms with van der Waals surface area (Å²) in [4.78, 5) is 12.0. The summed E-state index contributed by atoms with van der Waals surface area (Å²) in [6.07, 6.45) is 1.87. The number of nitrogens with zero attached hydrogens (tertiary/aromatic N) is 2. The number of esters is 1. The molecule has 0 atom stereocenters. The third-order valence-electron chi connectivity index (χ3n) is 3.31. The quantitative estimate of drug-likeness (QED) is 0.692. The van der Waals surface area contributed by atoms with Crippen LogP contribution < -0.4 is 4.74 Å². The molecule has 3 aromatic rings. The third kappa shape index (κ3) is 2.07. The highest BCUT2D eigenvalue weighted by atomic mass is 16.5. The molecule has 0 spiro atoms. The second kappa shape index (κ2) is 5.17. The van der Waals surface area contributed by atoms with Crippen LogP contribution in [0.5, 0.6) is 5.75 Å². The maximum Gasteiger partial charge on any atom is 0.340 e. The van der Waals surface area contributed by atoms with Gasteiger partial charge in [-0.05, 0) is 24.3 Å². The summed E-state index contributed by atoms with van der Waals surface area (Å²) in [5.74, 6) is 0.211. The van der Waals surface area contributed by atoms with Crippen molar-refractivity contribution in [2.24, 2.45) is 0 Å². The normalized spacial score (nSPS) is 10.5. The van der Waals surface area contributed by atoms with E-state index < -0.39 is 0 Å². The fourth-order valence-corrected chi connectivity index (χ4v) is 2.44. The molecule has 0 fully saturated rings. The molecule has 5 nitrogen and oxygen atoms in total. The van der Waals surface area contributed by atoms with Gasteiger partial charge in [-0.15, -0.1) is 0 Å². The number of carbonyl (C=O) groups excluding carboxylic acids is 1. The SMILES string of the molecule is COC(=O)c1c2ccc(OCC#N)cc2n2ccccc12. The molecule has 0 amide bonds. The number of ether oxygens (including phenoxy) is 2. The van der Waals surface area contributed by atoms with Gasteiger partial charge in [0.2, 0.25) is 0 Å². The van der Waals surface area contributed by atoms with Gasteiger partial charge in [0.05, 0.1) is 23.7 Å². The smallest absolute Gasteiger partial charge is 0.340 e. The van der Waals surface area contributed by atoms with Crippen LogP contribution in [-0.4, -0.2) is 24.1 Å². The molecule has 0 aliphatic rings. The first-order valence-electron chi connectivity index (χ1n) is 6.37. The molecule has 0 saturated heterocycles. The molecule has 0 radical (unpaired) electrons. The molecule has 104 valence electrons. The molecule has 0 bridgehead atoms. The molecule has 1 aromatic carbocycles. The van der Waals surface area contributed by atoms with Crippen LogP contribution in [-0.2, 0) is 4.74 Å². The lowest BCUT2D eigenvalue weighted by atomic mass is 10.1. The summed E-state index contributed by atoms with van der Waals surface area (Å²) in [6, 6.07) is 12.9. The molecule has 21 heavy (non-hydrogen) atoms. The number of hydrogen-bond donors (Lipinski definition) is 0. The molecule has 5 heteroatoms. The lowest BCUT2D eigenvalue weighted by Gasteiger charge is -2.02. The Kier molecular flexibility index (Phi) is 3.20. The van der Waals surface area contributed by atoms with E-state index in [1.165, 1.54) is 7.11 Å². The van der Waals surface area contributed by atoms with Crippen molar-refractivity contribution in [3.05, 3.63) is 48.2 Å². The van der Waals surface area contributed by atoms with E-state index in [4.69, 9.17) is 14.7 Å². The van der Waals surface area contributed by atoms with Gasteiger partial charge in [0.25, 0.3) is 0 Å². The van der Waals surface area contributed by atoms with Crippen LogP contribution in [0, 0.1) is 11.3 Å². The van der Waals surface area contributed by atoms with Crippen LogP contribution in [0.4, 0.5) is 0 Å². The van der Waals surface area contributed by atoms with E-state index in [2.05, 4.69) is 0 Å². The lowest BCUT2D eigenvalue weighted by molar-refractivity contribution is 0.0605. The van der Waals surface area contributed by atoms with Gasteiger partial charge in [-0.3, -0.25) is 0 Å². The molecule has 0 aliphatic carbocycles. The molecule has 2 aromatic heterocycles. The maximum atomic E-state index is 12.0. The zero-order valence-corrected chi connectivity index (χ0v) is 11.4. The summed E-state index contributed by atoms with van der Waals surface area (Å²) in [6.45, 7) is -0.0152. The van der Waals surface area contributed by atoms with Crippen LogP contribution in [0.2, 0.25) is 0 Å². The lowest BCUT2D eigenvalue weighted by Crippen LogP contribution is -2.00. The number of hydrogen-bond acceptors (Lipinski definition) is 4. The molecule has 0 unspecified atom stereocenters. The third-order valence-corrected chi connectivity index (χ3v) is 3.31. The first-order chi connectivity index (χ1) is 10.3. The van der Waals surface area contributed by atoms with E-state index in [0.29, 0.717) is 11.3 Å². The number of aromatic nitrogens is 1. The van der Waals surface area contributed by atoms with Crippen LogP contribution in [0.3, 0.4) is 0 Å². The van der Waals surface area contributed by atoms with Crippen LogP contribution in [0.15, 0.2) is 42.6 Å². The highest BCUT2D eigenvalue weighted by Crippen LogP contribution is 2.30. The fraction of sp³-hybridized carbons (Fsp3) is 0.125. The average Bonchev–Trinajstić information content (AvgIpc) is 2.86. The Morgan fingerprint density at radius 3 is 2.90 bits per heavy atom. The Hall–Kier alpha value is -3.00. The van der Waals surface area contributed by atoms with E-state index in [9.17, 15) is 4.79 Å². The Morgan fingerprint density at radius 1 is 1.29 bits per heavy atom. The van der Waals surface area contributed by atoms with Gasteiger partial charge in [-0.1, -0.05) is 6.07 Å². The monoisotopic (exact) mass is 280 g/mol. The topological polar surface area (TPSA) is 63.7 Å². The number of pyridine rings is 1. The predicted molar refractivity (Wildman–Crippen MR) is 77.4 cm³/mol. The van der Waals surface area contributed by atoms with Gasteiger partial charge >= 0.3 is 5.97 Å². The van der Waals surface area contributed by atoms with Crippen molar-refractivity contribution >= 4 is 22.4 Å². The van der Waals surface area contributed by atoms with Gasteiger partial charge in [0.15, 0.2) is 6.61 Å². The number of rotatable bonds is 3. The van der Waals surface area contributed by atoms with Crippen LogP contribution in [0.1, 0.15) is 10.4 Å². The standard InChI is InChI=1S/C16H12N2O3/c1-20-16(19)15-12-6-5-11(21-9-7-17)10-14(12)18-8-3-2-4-13(15)18/h2-6,8,10H,9H2,1H3. The van der Waals surface area contributed by atoms with Gasteiger partial charge in [-0.2, -0.15) is 5.26 Å². The second-order valence-corrected chi connectivity index (χ2v) is 4.45. The average molecular weight is 280 g/mol. The number of nitriles is 1. The van der Waals surface area contributed by atoms with Crippen molar-refractivity contribution in [2.45, 2.75) is 0 Å². The Labute approximate surface area is 120 Å². The highest BCUT2D eigenvalue weighted by Gasteiger charge is 2.18. The Bertz CT molecular complexity index is 874. The van der Waals surface area contributed by atoms with Gasteiger partial charge in [0, 0.05) is 17.6 Å². The van der Waals surface area contributed by atoms with Crippen LogP contribution in [0.25, 0.3) is 16.4 Å². The van der Waals surface area contributed by atoms with Crippen molar-refractivity contribution in [1.82, 2.24) is 4.40 Å². The number of fused-ring (bicyclic) bond motifs is 3. The largest absolute Gasteiger partial charge is 0.479 e. The molecule has 0 saturated carbocycles. The van der Waals surface area contributed by atoms with Gasteiger partial charge in [0.1, 0.15) is 11.8 Å². The van der Waals surface area contributed by atoms with Gasteiger partial charge < -0.3 is 13.9 Å². The van der Waals surface area contributed by atoms with Crippen molar-refractivity contribution in [3.63, 3.8) is 0 Å². The van der Waals surface area contributed by atoms with E-state index in [-0.39, 0.29) is 12.6 Å². The molecule has 0 N–H and O–H groups in total. The molecule has 0 aliphatic heterocycles. The van der Waals surface area contributed by atoms with Crippen molar-refractivity contribution in [3.8, 4) is 11.8 Å². The Morgan fingerprint density at radius 2 is 2.14 bits per heavy atom. The van der Waals surface area contributed by atoms with Crippen molar-refractivity contribution < 1.29 is 14.3 Å². The molecular formula is C16H12N2O3. The van der Waals surface area contributed by atoms with E-state index in [0.717, 1.165) is 16.4 Å². The minimum Gasteiger partial charge on any atom is -0.479 e. The predicted octanol–water partition coefficient (Wildman–Crippen LogP) is 2.78. The van der Waals surface area contributed by atoms with Gasteiger partial charge in [-0.25, -0.2) is 4.79 Å². The van der Waals surface area contributed by atoms with Crippen molar-refractivity contribution in [1.29, 1.82) is 5.26 Å². The fourth-order valence-electron chi connectivity index (χ4n) is 2.44. The summed E-state index contributed by atoms with van der Waals surface area (Å²) >= 11 is 0. The molecular weight excluding hydrogens is 268 g/mol. The zero-order valence-electron chi connectivity index (χ0n) is 11.4. The zero-order chi connectivity index (χ0) is 14.8. The maximum absolute atomic E-state index is 12.0. The van der Waals surface area contributed by atoms with E-state index in [1.807, 2.05) is 40.9 Å². The minimum atomic E-state index is -0.376. The molecule has 2 heterocycles. The summed E-state index contributed by atoms with van der Waals surface area (Å²) < 4.78 is 12.1. The number of benzene rings is 1. The van der Waals surface area contributed by atoms with Crippen LogP contribution >= 0.6 is 0 Å². The first-order valence-corrected chi connectivity index (χ1v) is 6.37. The van der Waals surface area contributed by atoms with E-state index >= 15 is 0 Å². The molecule has 3 rings (SSSR count). The minimum absolute atomic E-state index is 0.0152. The Balaban J connectivity index is 2.30. The number of methoxy groups -OCH3 is 1. The highest BCUT2D eigenvalue weighted by molar-refractivity contribution is 6.11. The summed E-state index contributed by atoms with van der Waals surface area (Å²) in [5, 5.41) is 9.37. The summed E-state index contributed by atoms with van der Waals surface area (Å²) in [7, 11) is 1.37. The second-order valence-electron chi connectivity index (χ2n) is 4.45. The number of carbonyl (C=O) groups is 1. The summed E-state index contributed by atoms with van der Waals surface area (Å²) in [5.41, 5.74) is 2.14. The first kappa shape index (κ1) is 13.0.